The molecule has 0 rings (SSSR count). The Morgan fingerprint density at radius 1 is 1.25 bits per heavy atom. The highest BCUT2D eigenvalue weighted by Crippen LogP contribution is 2.02. The summed E-state index contributed by atoms with van der Waals surface area (Å²) in [7, 11) is 5.94. The highest BCUT2D eigenvalue weighted by molar-refractivity contribution is 5.76. The predicted molar refractivity (Wildman–Crippen MR) is 68.3 cm³/mol. The van der Waals surface area contributed by atoms with Crippen LogP contribution in [0.3, 0.4) is 0 Å². The average Bonchev–Trinajstić information content (AvgIpc) is 2.17. The molecule has 0 aromatic carbocycles. The van der Waals surface area contributed by atoms with Crippen molar-refractivity contribution in [1.82, 2.24) is 9.80 Å². The maximum Gasteiger partial charge on any atom is 0.223 e. The molecule has 0 fully saturated rings. The Kier molecular flexibility index (Phi) is 8.21. The van der Waals surface area contributed by atoms with Crippen LogP contribution in [0.5, 0.6) is 0 Å². The monoisotopic (exact) mass is 229 g/mol. The number of hydrogen-bond donors (Lipinski definition) is 1. The van der Waals surface area contributed by atoms with E-state index in [1.54, 1.807) is 4.90 Å². The van der Waals surface area contributed by atoms with Crippen molar-refractivity contribution >= 4 is 5.91 Å². The molecule has 0 heterocycles. The number of rotatable bonds is 8. The van der Waals surface area contributed by atoms with Crippen molar-refractivity contribution in [3.8, 4) is 0 Å². The zero-order valence-corrected chi connectivity index (χ0v) is 11.2. The Labute approximate surface area is 99.8 Å². The predicted octanol–water partition coefficient (Wildman–Crippen LogP) is 0.914. The Hall–Kier alpha value is -0.610. The molecular formula is C12H27N3O. The third-order valence-electron chi connectivity index (χ3n) is 2.62. The molecule has 1 atom stereocenters. The molecule has 0 aliphatic rings. The molecule has 0 aliphatic carbocycles. The fraction of sp³-hybridized carbons (Fsp3) is 0.917. The second kappa shape index (κ2) is 8.53. The topological polar surface area (TPSA) is 49.6 Å². The molecule has 0 saturated heterocycles. The molecule has 0 aromatic heterocycles. The maximum atomic E-state index is 11.7. The quantitative estimate of drug-likeness (QED) is 0.673. The Morgan fingerprint density at radius 3 is 2.38 bits per heavy atom. The van der Waals surface area contributed by atoms with E-state index in [1.165, 1.54) is 0 Å². The first kappa shape index (κ1) is 15.4. The second-order valence-electron chi connectivity index (χ2n) is 4.73. The first-order chi connectivity index (χ1) is 7.47. The number of amides is 1. The van der Waals surface area contributed by atoms with Crippen molar-refractivity contribution in [2.45, 2.75) is 38.6 Å². The van der Waals surface area contributed by atoms with Crippen LogP contribution < -0.4 is 5.73 Å². The molecule has 16 heavy (non-hydrogen) atoms. The van der Waals surface area contributed by atoms with Gasteiger partial charge in [-0.1, -0.05) is 13.3 Å². The van der Waals surface area contributed by atoms with Gasteiger partial charge in [0.1, 0.15) is 0 Å². The molecule has 0 spiro atoms. The summed E-state index contributed by atoms with van der Waals surface area (Å²) in [5, 5.41) is 0. The SMILES string of the molecule is CCCC(N)CC(=O)N(C)CCCN(C)C. The normalized spacial score (nSPS) is 12.9. The zero-order chi connectivity index (χ0) is 12.6. The third-order valence-corrected chi connectivity index (χ3v) is 2.62. The Balaban J connectivity index is 3.72. The molecule has 1 unspecified atom stereocenters. The van der Waals surface area contributed by atoms with Crippen LogP contribution in [0.1, 0.15) is 32.6 Å². The van der Waals surface area contributed by atoms with E-state index in [0.29, 0.717) is 6.42 Å². The van der Waals surface area contributed by atoms with Crippen molar-refractivity contribution in [2.75, 3.05) is 34.2 Å². The third kappa shape index (κ3) is 7.65. The molecule has 96 valence electrons. The van der Waals surface area contributed by atoms with E-state index in [0.717, 1.165) is 32.4 Å². The van der Waals surface area contributed by atoms with Crippen LogP contribution >= 0.6 is 0 Å². The Morgan fingerprint density at radius 2 is 1.88 bits per heavy atom. The molecule has 0 aliphatic heterocycles. The van der Waals surface area contributed by atoms with Crippen LogP contribution in [0.2, 0.25) is 0 Å². The van der Waals surface area contributed by atoms with Gasteiger partial charge in [0.2, 0.25) is 5.91 Å². The summed E-state index contributed by atoms with van der Waals surface area (Å²) in [6.07, 6.45) is 3.46. The van der Waals surface area contributed by atoms with E-state index in [-0.39, 0.29) is 11.9 Å². The van der Waals surface area contributed by atoms with Crippen molar-refractivity contribution in [3.63, 3.8) is 0 Å². The van der Waals surface area contributed by atoms with Crippen LogP contribution in [0, 0.1) is 0 Å². The van der Waals surface area contributed by atoms with E-state index in [2.05, 4.69) is 11.8 Å². The summed E-state index contributed by atoms with van der Waals surface area (Å²) >= 11 is 0. The molecule has 0 aromatic rings. The summed E-state index contributed by atoms with van der Waals surface area (Å²) in [4.78, 5) is 15.7. The lowest BCUT2D eigenvalue weighted by atomic mass is 10.1. The van der Waals surface area contributed by atoms with Gasteiger partial charge >= 0.3 is 0 Å². The van der Waals surface area contributed by atoms with Crippen molar-refractivity contribution in [2.24, 2.45) is 5.73 Å². The van der Waals surface area contributed by atoms with Gasteiger partial charge in [0.05, 0.1) is 0 Å². The van der Waals surface area contributed by atoms with Crippen molar-refractivity contribution in [3.05, 3.63) is 0 Å². The lowest BCUT2D eigenvalue weighted by molar-refractivity contribution is -0.130. The van der Waals surface area contributed by atoms with Crippen LogP contribution in [0.15, 0.2) is 0 Å². The van der Waals surface area contributed by atoms with Crippen LogP contribution in [0.25, 0.3) is 0 Å². The first-order valence-corrected chi connectivity index (χ1v) is 6.11. The molecule has 0 saturated carbocycles. The number of hydrogen-bond acceptors (Lipinski definition) is 3. The average molecular weight is 229 g/mol. The fourth-order valence-corrected chi connectivity index (χ4v) is 1.60. The minimum atomic E-state index is 0.0220. The summed E-state index contributed by atoms with van der Waals surface area (Å²) in [5.41, 5.74) is 5.84. The van der Waals surface area contributed by atoms with Gasteiger partial charge in [-0.3, -0.25) is 4.79 Å². The molecule has 0 radical (unpaired) electrons. The first-order valence-electron chi connectivity index (χ1n) is 6.11. The summed E-state index contributed by atoms with van der Waals surface area (Å²) in [6.45, 7) is 3.92. The van der Waals surface area contributed by atoms with E-state index >= 15 is 0 Å². The molecule has 4 nitrogen and oxygen atoms in total. The molecule has 4 heteroatoms. The maximum absolute atomic E-state index is 11.7. The number of nitrogens with zero attached hydrogens (tertiary/aromatic N) is 2. The summed E-state index contributed by atoms with van der Waals surface area (Å²) in [6, 6.07) is 0.0220. The summed E-state index contributed by atoms with van der Waals surface area (Å²) < 4.78 is 0. The smallest absolute Gasteiger partial charge is 0.223 e. The Bertz CT molecular complexity index is 195. The van der Waals surface area contributed by atoms with Gasteiger partial charge in [0.25, 0.3) is 0 Å². The highest BCUT2D eigenvalue weighted by atomic mass is 16.2. The highest BCUT2D eigenvalue weighted by Gasteiger charge is 2.12. The standard InChI is InChI=1S/C12H27N3O/c1-5-7-11(13)10-12(16)15(4)9-6-8-14(2)3/h11H,5-10,13H2,1-4H3. The molecule has 1 amide bonds. The van der Waals surface area contributed by atoms with Gasteiger partial charge in [0, 0.05) is 26.1 Å². The number of carbonyl (C=O) groups is 1. The van der Waals surface area contributed by atoms with Gasteiger partial charge in [0.15, 0.2) is 0 Å². The lowest BCUT2D eigenvalue weighted by Gasteiger charge is -2.20. The van der Waals surface area contributed by atoms with Crippen LogP contribution in [-0.2, 0) is 4.79 Å². The van der Waals surface area contributed by atoms with Gasteiger partial charge in [-0.05, 0) is 33.5 Å². The zero-order valence-electron chi connectivity index (χ0n) is 11.2. The summed E-state index contributed by atoms with van der Waals surface area (Å²) in [5.74, 6) is 0.166. The number of carbonyl (C=O) groups excluding carboxylic acids is 1. The van der Waals surface area contributed by atoms with Gasteiger partial charge in [-0.25, -0.2) is 0 Å². The van der Waals surface area contributed by atoms with Crippen LogP contribution in [-0.4, -0.2) is 56.0 Å². The van der Waals surface area contributed by atoms with Gasteiger partial charge in [-0.15, -0.1) is 0 Å². The lowest BCUT2D eigenvalue weighted by Crippen LogP contribution is -2.34. The van der Waals surface area contributed by atoms with E-state index in [1.807, 2.05) is 21.1 Å². The largest absolute Gasteiger partial charge is 0.346 e. The van der Waals surface area contributed by atoms with E-state index < -0.39 is 0 Å². The van der Waals surface area contributed by atoms with Crippen molar-refractivity contribution in [1.29, 1.82) is 0 Å². The second-order valence-corrected chi connectivity index (χ2v) is 4.73. The molecule has 0 bridgehead atoms. The number of nitrogens with two attached hydrogens (primary N) is 1. The minimum absolute atomic E-state index is 0.0220. The van der Waals surface area contributed by atoms with Crippen LogP contribution in [0.4, 0.5) is 0 Å². The fourth-order valence-electron chi connectivity index (χ4n) is 1.60. The van der Waals surface area contributed by atoms with E-state index in [4.69, 9.17) is 5.73 Å². The van der Waals surface area contributed by atoms with Crippen molar-refractivity contribution < 1.29 is 4.79 Å². The van der Waals surface area contributed by atoms with Gasteiger partial charge < -0.3 is 15.5 Å². The molecule has 2 N–H and O–H groups in total. The van der Waals surface area contributed by atoms with Gasteiger partial charge in [-0.2, -0.15) is 0 Å². The minimum Gasteiger partial charge on any atom is -0.346 e. The molecular weight excluding hydrogens is 202 g/mol. The van der Waals surface area contributed by atoms with E-state index in [9.17, 15) is 4.79 Å².